The second kappa shape index (κ2) is 35.1. The van der Waals surface area contributed by atoms with E-state index in [1.54, 1.807) is 0 Å². The molecule has 1 aliphatic rings. The van der Waals surface area contributed by atoms with Gasteiger partial charge < -0.3 is 39.9 Å². The van der Waals surface area contributed by atoms with E-state index in [4.69, 9.17) is 18.5 Å². The molecule has 1 rings (SSSR count). The molecule has 0 radical (unpaired) electrons. The predicted molar refractivity (Wildman–Crippen MR) is 225 cm³/mol. The number of ether oxygens (including phenoxy) is 2. The lowest BCUT2D eigenvalue weighted by Gasteiger charge is -2.41. The Hall–Kier alpha value is -1.70. The summed E-state index contributed by atoms with van der Waals surface area (Å²) in [6.45, 7) is 4.08. The lowest BCUT2D eigenvalue weighted by molar-refractivity contribution is -0.220. The summed E-state index contributed by atoms with van der Waals surface area (Å²) in [7, 11) is -5.02. The fourth-order valence-corrected chi connectivity index (χ4v) is 7.39. The van der Waals surface area contributed by atoms with E-state index in [2.05, 4.69) is 62.5 Å². The lowest BCUT2D eigenvalue weighted by Crippen LogP contribution is -2.64. The van der Waals surface area contributed by atoms with E-state index in [1.807, 2.05) is 0 Å². The van der Waals surface area contributed by atoms with E-state index < -0.39 is 63.1 Å². The first-order chi connectivity index (χ1) is 27.5. The quantitative estimate of drug-likeness (QED) is 0.0153. The van der Waals surface area contributed by atoms with Crippen molar-refractivity contribution in [1.82, 2.24) is 0 Å². The van der Waals surface area contributed by atoms with Crippen molar-refractivity contribution < 1.29 is 58.3 Å². The first-order valence-electron chi connectivity index (χ1n) is 22.0. The molecule has 57 heavy (non-hydrogen) atoms. The van der Waals surface area contributed by atoms with Gasteiger partial charge in [0.2, 0.25) is 0 Å². The standard InChI is InChI=1S/C44H79O12P/c1-3-5-7-9-11-13-15-17-18-19-20-22-24-26-28-30-32-34-53-35-37(36-54-57(51,52)56-44-42(49)40(47)39(46)41(48)43(44)50)55-38(45)33-31-29-27-25-23-21-16-14-12-10-8-6-4-2/h6,8,12,14,18-19,21,23,37,39-44,46-50H,3-5,7,9-11,13,15-17,20,22,24-36H2,1-2H3,(H,51,52)/b8-6-,14-12-,19-18-,23-21-. The number of hydrogen-bond acceptors (Lipinski definition) is 11. The Balaban J connectivity index is 2.44. The zero-order valence-corrected chi connectivity index (χ0v) is 36.0. The number of unbranched alkanes of at least 4 members (excludes halogenated alkanes) is 16. The van der Waals surface area contributed by atoms with Crippen molar-refractivity contribution >= 4 is 13.8 Å². The summed E-state index contributed by atoms with van der Waals surface area (Å²) in [4.78, 5) is 23.1. The highest BCUT2D eigenvalue weighted by atomic mass is 31.2. The van der Waals surface area contributed by atoms with Crippen molar-refractivity contribution in [2.24, 2.45) is 0 Å². The second-order valence-corrected chi connectivity index (χ2v) is 16.6. The smallest absolute Gasteiger partial charge is 0.457 e. The molecule has 0 bridgehead atoms. The minimum Gasteiger partial charge on any atom is -0.457 e. The summed E-state index contributed by atoms with van der Waals surface area (Å²) >= 11 is 0. The molecule has 0 aromatic rings. The zero-order valence-electron chi connectivity index (χ0n) is 35.1. The van der Waals surface area contributed by atoms with E-state index in [0.29, 0.717) is 13.0 Å². The highest BCUT2D eigenvalue weighted by Gasteiger charge is 2.51. The second-order valence-electron chi connectivity index (χ2n) is 15.2. The Morgan fingerprint density at radius 1 is 0.579 bits per heavy atom. The Bertz CT molecular complexity index is 1130. The number of phosphoric ester groups is 1. The molecule has 12 nitrogen and oxygen atoms in total. The van der Waals surface area contributed by atoms with Crippen molar-refractivity contribution in [3.63, 3.8) is 0 Å². The van der Waals surface area contributed by atoms with Crippen LogP contribution in [0.15, 0.2) is 48.6 Å². The van der Waals surface area contributed by atoms with Gasteiger partial charge in [0.05, 0.1) is 13.2 Å². The van der Waals surface area contributed by atoms with Gasteiger partial charge >= 0.3 is 13.8 Å². The van der Waals surface area contributed by atoms with Crippen molar-refractivity contribution in [3.8, 4) is 0 Å². The molecule has 0 saturated heterocycles. The Kier molecular flexibility index (Phi) is 32.8. The summed E-state index contributed by atoms with van der Waals surface area (Å²) < 4.78 is 34.1. The molecule has 0 amide bonds. The zero-order chi connectivity index (χ0) is 42.0. The topological polar surface area (TPSA) is 192 Å². The lowest BCUT2D eigenvalue weighted by atomic mass is 9.85. The summed E-state index contributed by atoms with van der Waals surface area (Å²) in [6, 6.07) is 0. The Morgan fingerprint density at radius 3 is 1.60 bits per heavy atom. The number of allylic oxidation sites excluding steroid dienone is 8. The van der Waals surface area contributed by atoms with Crippen LogP contribution in [0.2, 0.25) is 0 Å². The fraction of sp³-hybridized carbons (Fsp3) is 0.795. The molecule has 0 spiro atoms. The normalized spacial score (nSPS) is 23.3. The number of carbonyl (C=O) groups is 1. The van der Waals surface area contributed by atoms with Gasteiger partial charge in [-0.15, -0.1) is 0 Å². The van der Waals surface area contributed by atoms with Gasteiger partial charge in [0.25, 0.3) is 0 Å². The van der Waals surface area contributed by atoms with Gasteiger partial charge in [-0.1, -0.05) is 133 Å². The largest absolute Gasteiger partial charge is 0.472 e. The highest BCUT2D eigenvalue weighted by Crippen LogP contribution is 2.47. The third-order valence-corrected chi connectivity index (χ3v) is 10.9. The average Bonchev–Trinajstić information content (AvgIpc) is 3.19. The van der Waals surface area contributed by atoms with Gasteiger partial charge in [-0.25, -0.2) is 4.57 Å². The van der Waals surface area contributed by atoms with Crippen molar-refractivity contribution in [3.05, 3.63) is 48.6 Å². The molecule has 0 aliphatic heterocycles. The molecule has 1 saturated carbocycles. The molecule has 332 valence electrons. The minimum absolute atomic E-state index is 0.0939. The van der Waals surface area contributed by atoms with Crippen LogP contribution in [0.3, 0.4) is 0 Å². The number of phosphoric acid groups is 1. The summed E-state index contributed by atoms with van der Waals surface area (Å²) in [6.07, 6.45) is 29.0. The average molecular weight is 831 g/mol. The minimum atomic E-state index is -5.02. The number of aliphatic hydroxyl groups excluding tert-OH is 5. The third-order valence-electron chi connectivity index (χ3n) is 9.94. The number of aliphatic hydroxyl groups is 5. The van der Waals surface area contributed by atoms with E-state index in [9.17, 15) is 39.8 Å². The molecule has 6 atom stereocenters. The van der Waals surface area contributed by atoms with Crippen LogP contribution >= 0.6 is 7.82 Å². The third kappa shape index (κ3) is 27.6. The number of esters is 1. The maximum Gasteiger partial charge on any atom is 0.472 e. The molecular formula is C44H79O12P. The molecular weight excluding hydrogens is 751 g/mol. The Labute approximate surface area is 344 Å². The summed E-state index contributed by atoms with van der Waals surface area (Å²) in [5.74, 6) is -0.510. The van der Waals surface area contributed by atoms with E-state index in [-0.39, 0.29) is 13.0 Å². The van der Waals surface area contributed by atoms with Crippen LogP contribution < -0.4 is 0 Å². The van der Waals surface area contributed by atoms with E-state index >= 15 is 0 Å². The van der Waals surface area contributed by atoms with Crippen molar-refractivity contribution in [2.45, 2.75) is 204 Å². The fourth-order valence-electron chi connectivity index (χ4n) is 6.42. The van der Waals surface area contributed by atoms with Crippen LogP contribution in [0.25, 0.3) is 0 Å². The maximum atomic E-state index is 12.8. The van der Waals surface area contributed by atoms with Crippen LogP contribution in [0.5, 0.6) is 0 Å². The van der Waals surface area contributed by atoms with Crippen LogP contribution in [-0.4, -0.2) is 98.9 Å². The van der Waals surface area contributed by atoms with Gasteiger partial charge in [-0.05, 0) is 70.6 Å². The van der Waals surface area contributed by atoms with Crippen molar-refractivity contribution in [1.29, 1.82) is 0 Å². The first kappa shape index (κ1) is 53.3. The molecule has 6 unspecified atom stereocenters. The van der Waals surface area contributed by atoms with Gasteiger partial charge in [0.15, 0.2) is 0 Å². The van der Waals surface area contributed by atoms with Gasteiger partial charge in [0.1, 0.15) is 42.7 Å². The van der Waals surface area contributed by atoms with Crippen LogP contribution in [0, 0.1) is 0 Å². The van der Waals surface area contributed by atoms with Gasteiger partial charge in [-0.2, -0.15) is 0 Å². The Morgan fingerprint density at radius 2 is 1.04 bits per heavy atom. The maximum absolute atomic E-state index is 12.8. The van der Waals surface area contributed by atoms with Gasteiger partial charge in [0, 0.05) is 13.0 Å². The number of carbonyl (C=O) groups excluding carboxylic acids is 1. The molecule has 13 heteroatoms. The van der Waals surface area contributed by atoms with E-state index in [1.165, 1.54) is 64.2 Å². The van der Waals surface area contributed by atoms with E-state index in [0.717, 1.165) is 70.6 Å². The van der Waals surface area contributed by atoms with Crippen LogP contribution in [0.1, 0.15) is 162 Å². The van der Waals surface area contributed by atoms with Crippen LogP contribution in [0.4, 0.5) is 0 Å². The SMILES string of the molecule is CC/C=C\C/C=C\C/C=C\CCCCCC(=O)OC(COCCCCCCCC/C=C\CCCCCCCCC)COP(=O)(O)OC1C(O)C(O)C(O)C(O)C1O. The van der Waals surface area contributed by atoms with Crippen LogP contribution in [-0.2, 0) is 27.9 Å². The highest BCUT2D eigenvalue weighted by molar-refractivity contribution is 7.47. The molecule has 0 aromatic carbocycles. The predicted octanol–water partition coefficient (Wildman–Crippen LogP) is 8.47. The molecule has 1 fully saturated rings. The molecule has 6 N–H and O–H groups in total. The molecule has 0 aromatic heterocycles. The first-order valence-corrected chi connectivity index (χ1v) is 23.5. The summed E-state index contributed by atoms with van der Waals surface area (Å²) in [5.41, 5.74) is 0. The summed E-state index contributed by atoms with van der Waals surface area (Å²) in [5, 5.41) is 50.1. The number of rotatable bonds is 36. The number of hydrogen-bond donors (Lipinski definition) is 6. The van der Waals surface area contributed by atoms with Crippen molar-refractivity contribution in [2.75, 3.05) is 19.8 Å². The molecule has 0 heterocycles. The monoisotopic (exact) mass is 831 g/mol. The molecule has 1 aliphatic carbocycles. The van der Waals surface area contributed by atoms with Gasteiger partial charge in [-0.3, -0.25) is 13.8 Å².